The lowest BCUT2D eigenvalue weighted by Crippen LogP contribution is -2.45. The summed E-state index contributed by atoms with van der Waals surface area (Å²) in [4.78, 5) is 39.2. The number of amidine groups is 1. The average Bonchev–Trinajstić information content (AvgIpc) is 3.55. The number of fused-ring (bicyclic) bond motifs is 1. The molecule has 0 aliphatic carbocycles. The molecular weight excluding hydrogens is 480 g/mol. The van der Waals surface area contributed by atoms with E-state index < -0.39 is 12.0 Å². The van der Waals surface area contributed by atoms with Crippen molar-refractivity contribution in [3.8, 4) is 6.07 Å². The zero-order valence-corrected chi connectivity index (χ0v) is 21.6. The Morgan fingerprint density at radius 1 is 1.18 bits per heavy atom. The average molecular weight is 513 g/mol. The number of carbonyl (C=O) groups is 2. The van der Waals surface area contributed by atoms with Gasteiger partial charge < -0.3 is 19.5 Å². The second-order valence-corrected chi connectivity index (χ2v) is 9.92. The molecule has 2 fully saturated rings. The highest BCUT2D eigenvalue weighted by molar-refractivity contribution is 6.04. The van der Waals surface area contributed by atoms with E-state index in [9.17, 15) is 14.9 Å². The van der Waals surface area contributed by atoms with E-state index in [2.05, 4.69) is 16.4 Å². The molecule has 3 aromatic rings. The number of pyridine rings is 1. The molecule has 2 atom stereocenters. The summed E-state index contributed by atoms with van der Waals surface area (Å²) < 4.78 is 5.69. The quantitative estimate of drug-likeness (QED) is 0.390. The zero-order chi connectivity index (χ0) is 26.5. The SMILES string of the molecule is Cc1cc2cc(NC(=N[C@H]3CCCCN(CC(=O)N4CCCC4)C3=O)C(C#N)c3ccccn3)ccc2o1. The Hall–Kier alpha value is -4.19. The van der Waals surface area contributed by atoms with Crippen LogP contribution in [0.1, 0.15) is 49.5 Å². The van der Waals surface area contributed by atoms with E-state index in [1.807, 2.05) is 42.2 Å². The number of aryl methyl sites for hydroxylation is 1. The maximum Gasteiger partial charge on any atom is 0.247 e. The van der Waals surface area contributed by atoms with Crippen LogP contribution in [0.5, 0.6) is 0 Å². The van der Waals surface area contributed by atoms with E-state index in [4.69, 9.17) is 9.41 Å². The Morgan fingerprint density at radius 2 is 2.00 bits per heavy atom. The van der Waals surface area contributed by atoms with Crippen LogP contribution in [0, 0.1) is 18.3 Å². The molecule has 0 radical (unpaired) electrons. The minimum absolute atomic E-state index is 0.00840. The van der Waals surface area contributed by atoms with E-state index in [-0.39, 0.29) is 18.4 Å². The molecule has 5 rings (SSSR count). The van der Waals surface area contributed by atoms with Crippen LogP contribution in [0.2, 0.25) is 0 Å². The monoisotopic (exact) mass is 512 g/mol. The van der Waals surface area contributed by atoms with Gasteiger partial charge in [-0.15, -0.1) is 0 Å². The summed E-state index contributed by atoms with van der Waals surface area (Å²) >= 11 is 0. The van der Waals surface area contributed by atoms with Gasteiger partial charge >= 0.3 is 0 Å². The number of furan rings is 1. The van der Waals surface area contributed by atoms with Gasteiger partial charge in [0.2, 0.25) is 11.8 Å². The number of hydrogen-bond acceptors (Lipinski definition) is 6. The van der Waals surface area contributed by atoms with E-state index in [0.29, 0.717) is 24.5 Å². The smallest absolute Gasteiger partial charge is 0.247 e. The highest BCUT2D eigenvalue weighted by Crippen LogP contribution is 2.25. The van der Waals surface area contributed by atoms with Gasteiger partial charge in [-0.3, -0.25) is 19.6 Å². The highest BCUT2D eigenvalue weighted by Gasteiger charge is 2.31. The van der Waals surface area contributed by atoms with Crippen LogP contribution in [0.25, 0.3) is 11.0 Å². The Balaban J connectivity index is 1.45. The topological polar surface area (TPSA) is 115 Å². The van der Waals surface area contributed by atoms with Crippen LogP contribution in [-0.4, -0.2) is 64.7 Å². The standard InChI is InChI=1S/C29H32N6O3/c1-20-16-21-17-22(10-11-26(21)38-20)32-28(23(18-30)24-8-2-4-12-31-24)33-25-9-3-5-15-35(29(25)37)19-27(36)34-13-6-7-14-34/h2,4,8,10-12,16-17,23,25H,3,5-7,9,13-15,19H2,1H3,(H,32,33)/t23?,25-/m0/s1. The van der Waals surface area contributed by atoms with Crippen molar-refractivity contribution in [1.82, 2.24) is 14.8 Å². The molecule has 1 aromatic carbocycles. The van der Waals surface area contributed by atoms with Crippen LogP contribution in [0.3, 0.4) is 0 Å². The van der Waals surface area contributed by atoms with Gasteiger partial charge in [-0.25, -0.2) is 0 Å². The minimum Gasteiger partial charge on any atom is -0.461 e. The zero-order valence-electron chi connectivity index (χ0n) is 21.6. The van der Waals surface area contributed by atoms with Crippen molar-refractivity contribution in [2.75, 3.05) is 31.5 Å². The maximum atomic E-state index is 13.6. The van der Waals surface area contributed by atoms with Gasteiger partial charge in [0.05, 0.1) is 18.3 Å². The van der Waals surface area contributed by atoms with Crippen molar-refractivity contribution < 1.29 is 14.0 Å². The number of anilines is 1. The van der Waals surface area contributed by atoms with Crippen LogP contribution in [-0.2, 0) is 9.59 Å². The fraction of sp³-hybridized carbons (Fsp3) is 0.414. The second-order valence-electron chi connectivity index (χ2n) is 9.92. The number of amides is 2. The van der Waals surface area contributed by atoms with E-state index in [1.54, 1.807) is 23.2 Å². The number of aromatic nitrogens is 1. The molecule has 1 unspecified atom stereocenters. The summed E-state index contributed by atoms with van der Waals surface area (Å²) in [6.07, 6.45) is 5.83. The fourth-order valence-electron chi connectivity index (χ4n) is 5.15. The Labute approximate surface area is 222 Å². The molecule has 9 nitrogen and oxygen atoms in total. The van der Waals surface area contributed by atoms with Crippen LogP contribution < -0.4 is 5.32 Å². The molecule has 196 valence electrons. The van der Waals surface area contributed by atoms with Gasteiger partial charge in [-0.2, -0.15) is 5.26 Å². The van der Waals surface area contributed by atoms with Crippen LogP contribution in [0.15, 0.2) is 58.1 Å². The number of hydrogen-bond donors (Lipinski definition) is 1. The largest absolute Gasteiger partial charge is 0.461 e. The molecule has 2 aliphatic heterocycles. The van der Waals surface area contributed by atoms with Gasteiger partial charge in [0.1, 0.15) is 29.1 Å². The predicted molar refractivity (Wildman–Crippen MR) is 145 cm³/mol. The summed E-state index contributed by atoms with van der Waals surface area (Å²) in [6.45, 7) is 4.01. The van der Waals surface area contributed by atoms with E-state index in [1.165, 1.54) is 0 Å². The normalized spacial score (nSPS) is 19.3. The molecule has 2 aromatic heterocycles. The third-order valence-corrected chi connectivity index (χ3v) is 7.13. The summed E-state index contributed by atoms with van der Waals surface area (Å²) in [5.41, 5.74) is 2.05. The molecular formula is C29H32N6O3. The molecule has 2 aliphatic rings. The number of aliphatic imine (C=N–C) groups is 1. The first-order valence-electron chi connectivity index (χ1n) is 13.2. The Morgan fingerprint density at radius 3 is 2.76 bits per heavy atom. The van der Waals surface area contributed by atoms with Crippen molar-refractivity contribution >= 4 is 34.3 Å². The number of nitrogens with zero attached hydrogens (tertiary/aromatic N) is 5. The molecule has 0 spiro atoms. The number of nitrogens with one attached hydrogen (secondary N) is 1. The van der Waals surface area contributed by atoms with Gasteiger partial charge in [0, 0.05) is 36.9 Å². The lowest BCUT2D eigenvalue weighted by Gasteiger charge is -2.26. The molecule has 0 saturated carbocycles. The highest BCUT2D eigenvalue weighted by atomic mass is 16.3. The third-order valence-electron chi connectivity index (χ3n) is 7.13. The number of likely N-dealkylation sites (tertiary alicyclic amines) is 2. The Kier molecular flexibility index (Phi) is 7.68. The van der Waals surface area contributed by atoms with Gasteiger partial charge in [-0.1, -0.05) is 6.07 Å². The van der Waals surface area contributed by atoms with Crippen LogP contribution in [0.4, 0.5) is 5.69 Å². The summed E-state index contributed by atoms with van der Waals surface area (Å²) in [5, 5.41) is 14.4. The summed E-state index contributed by atoms with van der Waals surface area (Å²) in [5.74, 6) is 0.187. The number of benzene rings is 1. The van der Waals surface area contributed by atoms with Gasteiger partial charge in [0.25, 0.3) is 0 Å². The first-order chi connectivity index (χ1) is 18.5. The molecule has 2 amide bonds. The lowest BCUT2D eigenvalue weighted by atomic mass is 10.0. The molecule has 2 saturated heterocycles. The first-order valence-corrected chi connectivity index (χ1v) is 13.2. The lowest BCUT2D eigenvalue weighted by molar-refractivity contribution is -0.140. The number of nitriles is 1. The van der Waals surface area contributed by atoms with Crippen molar-refractivity contribution in [3.63, 3.8) is 0 Å². The fourth-order valence-corrected chi connectivity index (χ4v) is 5.15. The van der Waals surface area contributed by atoms with Crippen LogP contribution >= 0.6 is 0 Å². The summed E-state index contributed by atoms with van der Waals surface area (Å²) in [7, 11) is 0. The van der Waals surface area contributed by atoms with E-state index >= 15 is 0 Å². The van der Waals surface area contributed by atoms with Crippen molar-refractivity contribution in [3.05, 3.63) is 60.1 Å². The van der Waals surface area contributed by atoms with E-state index in [0.717, 1.165) is 61.2 Å². The number of rotatable bonds is 6. The molecule has 0 bridgehead atoms. The molecule has 1 N–H and O–H groups in total. The van der Waals surface area contributed by atoms with Crippen molar-refractivity contribution in [2.24, 2.45) is 4.99 Å². The summed E-state index contributed by atoms with van der Waals surface area (Å²) in [6, 6.07) is 14.6. The third kappa shape index (κ3) is 5.70. The number of carbonyl (C=O) groups excluding carboxylic acids is 2. The van der Waals surface area contributed by atoms with Gasteiger partial charge in [-0.05, 0) is 75.4 Å². The van der Waals surface area contributed by atoms with Crippen molar-refractivity contribution in [2.45, 2.75) is 51.0 Å². The maximum absolute atomic E-state index is 13.6. The second kappa shape index (κ2) is 11.5. The van der Waals surface area contributed by atoms with Crippen molar-refractivity contribution in [1.29, 1.82) is 5.26 Å². The molecule has 38 heavy (non-hydrogen) atoms. The minimum atomic E-state index is -0.797. The molecule has 9 heteroatoms. The molecule has 4 heterocycles. The Bertz CT molecular complexity index is 1370. The first kappa shape index (κ1) is 25.5. The van der Waals surface area contributed by atoms with Gasteiger partial charge in [0.15, 0.2) is 0 Å². The predicted octanol–water partition coefficient (Wildman–Crippen LogP) is 4.26.